The highest BCUT2D eigenvalue weighted by atomic mass is 35.5. The van der Waals surface area contributed by atoms with Gasteiger partial charge in [-0.2, -0.15) is 0 Å². The lowest BCUT2D eigenvalue weighted by molar-refractivity contribution is -0.123. The Morgan fingerprint density at radius 1 is 1.39 bits per heavy atom. The number of aromatic nitrogens is 1. The number of fused-ring (bicyclic) bond motifs is 1. The molecular weight excluding hydrogens is 316 g/mol. The van der Waals surface area contributed by atoms with Crippen LogP contribution in [-0.2, 0) is 11.2 Å². The summed E-state index contributed by atoms with van der Waals surface area (Å²) in [5.74, 6) is 1.84. The first-order chi connectivity index (χ1) is 11.1. The summed E-state index contributed by atoms with van der Waals surface area (Å²) >= 11 is 5.83. The monoisotopic (exact) mass is 332 g/mol. The number of benzene rings is 1. The molecule has 0 radical (unpaired) electrons. The molecule has 0 fully saturated rings. The van der Waals surface area contributed by atoms with E-state index in [0.717, 1.165) is 17.1 Å². The van der Waals surface area contributed by atoms with Gasteiger partial charge in [-0.1, -0.05) is 11.6 Å². The van der Waals surface area contributed by atoms with E-state index in [1.807, 2.05) is 18.2 Å². The lowest BCUT2D eigenvalue weighted by atomic mass is 9.95. The third kappa shape index (κ3) is 3.24. The summed E-state index contributed by atoms with van der Waals surface area (Å²) in [5, 5.41) is 0.539. The van der Waals surface area contributed by atoms with E-state index in [9.17, 15) is 4.79 Å². The lowest BCUT2D eigenvalue weighted by Crippen LogP contribution is -2.39. The van der Waals surface area contributed by atoms with Crippen LogP contribution in [0.3, 0.4) is 0 Å². The van der Waals surface area contributed by atoms with Gasteiger partial charge in [0.25, 0.3) is 0 Å². The molecule has 1 amide bonds. The highest BCUT2D eigenvalue weighted by Crippen LogP contribution is 2.31. The maximum Gasteiger partial charge on any atom is 0.234 e. The second-order valence-electron chi connectivity index (χ2n) is 5.42. The van der Waals surface area contributed by atoms with Gasteiger partial charge in [0.05, 0.1) is 18.1 Å². The van der Waals surface area contributed by atoms with Crippen molar-refractivity contribution >= 4 is 23.3 Å². The first-order valence-corrected chi connectivity index (χ1v) is 7.65. The van der Waals surface area contributed by atoms with Crippen molar-refractivity contribution in [3.05, 3.63) is 47.1 Å². The molecule has 1 aromatic carbocycles. The fourth-order valence-corrected chi connectivity index (χ4v) is 2.72. The molecule has 0 spiro atoms. The summed E-state index contributed by atoms with van der Waals surface area (Å²) in [7, 11) is 3.33. The van der Waals surface area contributed by atoms with E-state index < -0.39 is 0 Å². The van der Waals surface area contributed by atoms with E-state index in [1.54, 1.807) is 26.3 Å². The zero-order valence-electron chi connectivity index (χ0n) is 13.0. The second-order valence-corrected chi connectivity index (χ2v) is 5.85. The van der Waals surface area contributed by atoms with Crippen molar-refractivity contribution < 1.29 is 14.3 Å². The molecule has 0 unspecified atom stereocenters. The molecule has 1 aromatic heterocycles. The third-order valence-corrected chi connectivity index (χ3v) is 4.13. The minimum atomic E-state index is -0.253. The SMILES string of the molecule is COc1ccc2c(c1)C[C@H](C(=O)N(C)c1ccc(Cl)cn1)CO2. The molecule has 0 saturated carbocycles. The predicted molar refractivity (Wildman–Crippen MR) is 88.3 cm³/mol. The molecule has 120 valence electrons. The van der Waals surface area contributed by atoms with Gasteiger partial charge < -0.3 is 9.47 Å². The topological polar surface area (TPSA) is 51.7 Å². The maximum atomic E-state index is 12.7. The summed E-state index contributed by atoms with van der Waals surface area (Å²) in [4.78, 5) is 18.4. The normalized spacial score (nSPS) is 16.2. The number of methoxy groups -OCH3 is 1. The molecule has 0 N–H and O–H groups in total. The van der Waals surface area contributed by atoms with Gasteiger partial charge in [0.15, 0.2) is 0 Å². The van der Waals surface area contributed by atoms with Crippen LogP contribution in [0, 0.1) is 5.92 Å². The molecule has 1 aliphatic rings. The molecule has 5 nitrogen and oxygen atoms in total. The summed E-state index contributed by atoms with van der Waals surface area (Å²) in [6.07, 6.45) is 2.14. The highest BCUT2D eigenvalue weighted by Gasteiger charge is 2.29. The van der Waals surface area contributed by atoms with Gasteiger partial charge in [-0.15, -0.1) is 0 Å². The Balaban J connectivity index is 1.76. The van der Waals surface area contributed by atoms with Crippen molar-refractivity contribution in [3.8, 4) is 11.5 Å². The maximum absolute atomic E-state index is 12.7. The van der Waals surface area contributed by atoms with Crippen LogP contribution in [0.1, 0.15) is 5.56 Å². The summed E-state index contributed by atoms with van der Waals surface area (Å²) in [6, 6.07) is 9.07. The largest absolute Gasteiger partial charge is 0.497 e. The number of nitrogens with zero attached hydrogens (tertiary/aromatic N) is 2. The summed E-state index contributed by atoms with van der Waals surface area (Å²) in [5.41, 5.74) is 0.978. The number of pyridine rings is 1. The summed E-state index contributed by atoms with van der Waals surface area (Å²) in [6.45, 7) is 0.357. The number of carbonyl (C=O) groups is 1. The van der Waals surface area contributed by atoms with E-state index in [4.69, 9.17) is 21.1 Å². The molecule has 1 atom stereocenters. The van der Waals surface area contributed by atoms with Crippen LogP contribution in [0.5, 0.6) is 11.5 Å². The van der Waals surface area contributed by atoms with Gasteiger partial charge in [-0.05, 0) is 42.3 Å². The van der Waals surface area contributed by atoms with Crippen molar-refractivity contribution in [3.63, 3.8) is 0 Å². The zero-order valence-corrected chi connectivity index (χ0v) is 13.7. The number of hydrogen-bond donors (Lipinski definition) is 0. The second kappa shape index (κ2) is 6.46. The van der Waals surface area contributed by atoms with Crippen LogP contribution in [0.2, 0.25) is 5.02 Å². The first kappa shape index (κ1) is 15.6. The number of hydrogen-bond acceptors (Lipinski definition) is 4. The van der Waals surface area contributed by atoms with Crippen LogP contribution in [0.4, 0.5) is 5.82 Å². The van der Waals surface area contributed by atoms with Gasteiger partial charge in [0.2, 0.25) is 5.91 Å². The van der Waals surface area contributed by atoms with E-state index >= 15 is 0 Å². The molecular formula is C17H17ClN2O3. The average molecular weight is 333 g/mol. The van der Waals surface area contributed by atoms with Gasteiger partial charge in [0.1, 0.15) is 23.9 Å². The molecule has 6 heteroatoms. The Labute approximate surface area is 139 Å². The van der Waals surface area contributed by atoms with E-state index in [0.29, 0.717) is 23.9 Å². The Bertz CT molecular complexity index is 718. The van der Waals surface area contributed by atoms with Crippen LogP contribution in [-0.4, -0.2) is 31.7 Å². The lowest BCUT2D eigenvalue weighted by Gasteiger charge is -2.28. The number of carbonyl (C=O) groups excluding carboxylic acids is 1. The fourth-order valence-electron chi connectivity index (χ4n) is 2.61. The Morgan fingerprint density at radius 3 is 2.91 bits per heavy atom. The predicted octanol–water partition coefficient (Wildman–Crippen LogP) is 2.96. The van der Waals surface area contributed by atoms with E-state index in [-0.39, 0.29) is 11.8 Å². The van der Waals surface area contributed by atoms with Crippen molar-refractivity contribution in [2.75, 3.05) is 25.7 Å². The molecule has 1 aliphatic heterocycles. The average Bonchev–Trinajstić information content (AvgIpc) is 2.60. The molecule has 2 aromatic rings. The van der Waals surface area contributed by atoms with Crippen LogP contribution in [0.15, 0.2) is 36.5 Å². The number of rotatable bonds is 3. The molecule has 0 aliphatic carbocycles. The number of halogens is 1. The van der Waals surface area contributed by atoms with Crippen molar-refractivity contribution in [1.82, 2.24) is 4.98 Å². The molecule has 2 heterocycles. The number of anilines is 1. The van der Waals surface area contributed by atoms with Crippen LogP contribution >= 0.6 is 11.6 Å². The van der Waals surface area contributed by atoms with Gasteiger partial charge in [-0.25, -0.2) is 4.98 Å². The van der Waals surface area contributed by atoms with Crippen LogP contribution in [0.25, 0.3) is 0 Å². The molecule has 3 rings (SSSR count). The molecule has 0 bridgehead atoms. The van der Waals surface area contributed by atoms with Crippen LogP contribution < -0.4 is 14.4 Å². The van der Waals surface area contributed by atoms with Crippen molar-refractivity contribution in [2.45, 2.75) is 6.42 Å². The minimum Gasteiger partial charge on any atom is -0.497 e. The number of amides is 1. The highest BCUT2D eigenvalue weighted by molar-refractivity contribution is 6.30. The first-order valence-electron chi connectivity index (χ1n) is 7.27. The van der Waals surface area contributed by atoms with E-state index in [1.165, 1.54) is 11.1 Å². The van der Waals surface area contributed by atoms with E-state index in [2.05, 4.69) is 4.98 Å². The van der Waals surface area contributed by atoms with Gasteiger partial charge in [0, 0.05) is 13.2 Å². The Hall–Kier alpha value is -2.27. The van der Waals surface area contributed by atoms with Gasteiger partial charge >= 0.3 is 0 Å². The Morgan fingerprint density at radius 2 is 2.22 bits per heavy atom. The number of ether oxygens (including phenoxy) is 2. The standard InChI is InChI=1S/C17H17ClN2O3/c1-20(16-6-3-13(18)9-19-16)17(21)12-7-11-8-14(22-2)4-5-15(11)23-10-12/h3-6,8-9,12H,7,10H2,1-2H3/t12-/m0/s1. The fraction of sp³-hybridized carbons (Fsp3) is 0.294. The molecule has 0 saturated heterocycles. The third-order valence-electron chi connectivity index (χ3n) is 3.91. The van der Waals surface area contributed by atoms with Gasteiger partial charge in [-0.3, -0.25) is 9.69 Å². The summed E-state index contributed by atoms with van der Waals surface area (Å²) < 4.78 is 10.9. The zero-order chi connectivity index (χ0) is 16.4. The quantitative estimate of drug-likeness (QED) is 0.867. The smallest absolute Gasteiger partial charge is 0.234 e. The Kier molecular flexibility index (Phi) is 4.39. The minimum absolute atomic E-state index is 0.0340. The van der Waals surface area contributed by atoms with Crippen molar-refractivity contribution in [2.24, 2.45) is 5.92 Å². The molecule has 23 heavy (non-hydrogen) atoms. The van der Waals surface area contributed by atoms with Crippen molar-refractivity contribution in [1.29, 1.82) is 0 Å².